The summed E-state index contributed by atoms with van der Waals surface area (Å²) in [5.74, 6) is 1.37. The van der Waals surface area contributed by atoms with Gasteiger partial charge in [-0.25, -0.2) is 0 Å². The van der Waals surface area contributed by atoms with E-state index in [0.717, 1.165) is 91.1 Å². The van der Waals surface area contributed by atoms with E-state index >= 15 is 0 Å². The van der Waals surface area contributed by atoms with Crippen LogP contribution < -0.4 is 0 Å². The van der Waals surface area contributed by atoms with Gasteiger partial charge < -0.3 is 27.3 Å². The predicted octanol–water partition coefficient (Wildman–Crippen LogP) is 12.2. The van der Waals surface area contributed by atoms with E-state index < -0.39 is 39.4 Å². The number of benzene rings is 1. The number of β-lactam (4-membered cyclic amide) rings is 1. The third-order valence-corrected chi connectivity index (χ3v) is 35.5. The van der Waals surface area contributed by atoms with E-state index in [4.69, 9.17) is 22.4 Å². The molecule has 0 unspecified atom stereocenters. The molecule has 2 heterocycles. The van der Waals surface area contributed by atoms with Crippen molar-refractivity contribution < 1.29 is 27.2 Å². The smallest absolute Gasteiger partial charge is 0.254 e. The van der Waals surface area contributed by atoms with Gasteiger partial charge in [0.2, 0.25) is 0 Å². The fraction of sp³-hybridized carbons (Fsp3) is 0.844. The number of carbonyl (C=O) groups excluding carboxylic acids is 1. The molecule has 3 rings (SSSR count). The molecule has 8 atom stereocenters. The summed E-state index contributed by atoms with van der Waals surface area (Å²) >= 11 is 2.06. The topological polar surface area (TPSA) is 66.5 Å². The van der Waals surface area contributed by atoms with Crippen molar-refractivity contribution >= 4 is 50.9 Å². The van der Waals surface area contributed by atoms with Crippen LogP contribution in [0.5, 0.6) is 0 Å². The van der Waals surface area contributed by atoms with Crippen molar-refractivity contribution in [1.29, 1.82) is 0 Å². The fourth-order valence-corrected chi connectivity index (χ4v) is 22.9. The summed E-state index contributed by atoms with van der Waals surface area (Å²) in [5.41, 5.74) is 1.32. The predicted molar refractivity (Wildman–Crippen MR) is 255 cm³/mol. The van der Waals surface area contributed by atoms with Crippen molar-refractivity contribution in [2.75, 3.05) is 19.5 Å². The van der Waals surface area contributed by atoms with Gasteiger partial charge >= 0.3 is 0 Å². The molecule has 2 aliphatic rings. The van der Waals surface area contributed by atoms with E-state index in [1.165, 1.54) is 5.56 Å². The number of thioether (sulfide) groups is 1. The molecule has 1 aromatic rings. The molecule has 2 aliphatic heterocycles. The molecular weight excluding hydrogens is 795 g/mol. The molecule has 2 fully saturated rings. The van der Waals surface area contributed by atoms with Gasteiger partial charge in [-0.2, -0.15) is 11.8 Å². The van der Waals surface area contributed by atoms with Crippen molar-refractivity contribution in [3.05, 3.63) is 35.9 Å². The molecule has 0 N–H and O–H groups in total. The highest BCUT2D eigenvalue weighted by Gasteiger charge is 2.66. The molecular formula is C45H87NO6SSi4. The van der Waals surface area contributed by atoms with Crippen molar-refractivity contribution in [3.8, 4) is 0 Å². The molecule has 0 aromatic heterocycles. The molecule has 0 saturated carbocycles. The zero-order chi connectivity index (χ0) is 42.4. The summed E-state index contributed by atoms with van der Waals surface area (Å²) in [6, 6.07) is 23.4. The maximum Gasteiger partial charge on any atom is 0.254 e. The van der Waals surface area contributed by atoms with Crippen LogP contribution in [0.3, 0.4) is 0 Å². The Morgan fingerprint density at radius 1 is 0.649 bits per heavy atom. The highest BCUT2D eigenvalue weighted by Crippen LogP contribution is 2.51. The second-order valence-electron chi connectivity index (χ2n) is 17.2. The number of nitrogens with zero attached hydrogens (tertiary/aromatic N) is 1. The second kappa shape index (κ2) is 23.8. The van der Waals surface area contributed by atoms with Crippen LogP contribution >= 0.6 is 11.8 Å². The average molecular weight is 883 g/mol. The molecule has 57 heavy (non-hydrogen) atoms. The fourth-order valence-electron chi connectivity index (χ4n) is 10.2. The monoisotopic (exact) mass is 882 g/mol. The first-order valence-electron chi connectivity index (χ1n) is 23.6. The molecule has 0 radical (unpaired) electrons. The van der Waals surface area contributed by atoms with E-state index in [2.05, 4.69) is 137 Å². The molecule has 0 aliphatic carbocycles. The molecule has 1 amide bonds. The number of methoxy groups -OCH3 is 1. The van der Waals surface area contributed by atoms with Crippen molar-refractivity contribution in [3.63, 3.8) is 0 Å². The lowest BCUT2D eigenvalue weighted by atomic mass is 9.84. The molecule has 330 valence electrons. The van der Waals surface area contributed by atoms with E-state index in [9.17, 15) is 4.79 Å². The van der Waals surface area contributed by atoms with E-state index in [1.54, 1.807) is 7.11 Å². The first-order chi connectivity index (χ1) is 27.4. The third-order valence-electron chi connectivity index (χ3n) is 15.2. The number of hydrogen-bond donors (Lipinski definition) is 0. The highest BCUT2D eigenvalue weighted by molar-refractivity contribution is 8.00. The Kier molecular flexibility index (Phi) is 21.3. The van der Waals surface area contributed by atoms with Crippen molar-refractivity contribution in [2.24, 2.45) is 5.92 Å². The maximum absolute atomic E-state index is 14.6. The Balaban J connectivity index is 2.45. The summed E-state index contributed by atoms with van der Waals surface area (Å²) < 4.78 is 37.4. The van der Waals surface area contributed by atoms with Crippen molar-refractivity contribution in [2.45, 2.75) is 217 Å². The van der Waals surface area contributed by atoms with Crippen LogP contribution in [-0.4, -0.2) is 105 Å². The van der Waals surface area contributed by atoms with Crippen molar-refractivity contribution in [1.82, 2.24) is 4.90 Å². The van der Waals surface area contributed by atoms with Gasteiger partial charge in [-0.3, -0.25) is 4.79 Å². The van der Waals surface area contributed by atoms with Crippen LogP contribution in [0.2, 0.25) is 72.5 Å². The zero-order valence-electron chi connectivity index (χ0n) is 39.1. The van der Waals surface area contributed by atoms with Crippen LogP contribution in [-0.2, 0) is 33.7 Å². The number of fused-ring (bicyclic) bond motifs is 1. The second-order valence-corrected chi connectivity index (χ2v) is 37.4. The Morgan fingerprint density at radius 2 is 1.12 bits per heavy atom. The Hall–Kier alpha value is -0.292. The molecule has 7 nitrogen and oxygen atoms in total. The average Bonchev–Trinajstić information content (AvgIpc) is 3.53. The quantitative estimate of drug-likeness (QED) is 0.0563. The van der Waals surface area contributed by atoms with Crippen LogP contribution in [0.25, 0.3) is 0 Å². The summed E-state index contributed by atoms with van der Waals surface area (Å²) in [6.45, 7) is 30.9. The first kappa shape index (κ1) is 51.1. The Morgan fingerprint density at radius 3 is 1.58 bits per heavy atom. The van der Waals surface area contributed by atoms with Crippen LogP contribution in [0, 0.1) is 5.92 Å². The maximum atomic E-state index is 14.6. The largest absolute Gasteiger partial charge is 0.414 e. The molecule has 0 bridgehead atoms. The van der Waals surface area contributed by atoms with Crippen LogP contribution in [0.4, 0.5) is 0 Å². The standard InChI is InChI=1S/C45H87NO6SSi4/c1-15-33-53-44-37(34-36-31-29-28-30-32-36)39-43(48-14)45(47)46(39)40(44)42(52-57(25-11,26-12)27-13)41(51-56(22-8,23-9)24-10)38(50-55(19-5,20-6)21-7)35-49-54(16-2,17-3)18-4/h28-32,37-44H,15-27,33-35H2,1-14H3/t37-,38-,39+,40+,41-,42-,43-,44-/m0/s1. The van der Waals surface area contributed by atoms with Gasteiger partial charge in [0.15, 0.2) is 39.4 Å². The van der Waals surface area contributed by atoms with Gasteiger partial charge in [0.25, 0.3) is 5.91 Å². The number of rotatable bonds is 30. The number of amides is 1. The summed E-state index contributed by atoms with van der Waals surface area (Å²) in [4.78, 5) is 16.9. The van der Waals surface area contributed by atoms with Crippen LogP contribution in [0.15, 0.2) is 30.3 Å². The Bertz CT molecular complexity index is 1260. The minimum Gasteiger partial charge on any atom is -0.414 e. The summed E-state index contributed by atoms with van der Waals surface area (Å²) in [5, 5.41) is 0.163. The van der Waals surface area contributed by atoms with Gasteiger partial charge in [-0.1, -0.05) is 120 Å². The SMILES string of the molecule is CCCS[C@H]1[C@@H](Cc2ccccc2)[C@@H]2[C@H](OC)C(=O)N2[C@@H]1[C@H](O[Si](CC)(CC)CC)[C@@H](O[Si](CC)(CC)CC)[C@H](CO[Si](CC)(CC)CC)O[Si](CC)(CC)CC. The minimum atomic E-state index is -2.28. The van der Waals surface area contributed by atoms with Gasteiger partial charge in [-0.05, 0) is 96.7 Å². The van der Waals surface area contributed by atoms with Gasteiger partial charge in [0.05, 0.1) is 37.0 Å². The third kappa shape index (κ3) is 11.4. The number of hydrogen-bond acceptors (Lipinski definition) is 7. The first-order valence-corrected chi connectivity index (χ1v) is 34.7. The molecule has 12 heteroatoms. The highest BCUT2D eigenvalue weighted by atomic mass is 32.2. The summed E-state index contributed by atoms with van der Waals surface area (Å²) in [7, 11) is -6.98. The molecule has 0 spiro atoms. The van der Waals surface area contributed by atoms with E-state index in [0.29, 0.717) is 6.61 Å². The lowest BCUT2D eigenvalue weighted by Gasteiger charge is -2.52. The number of carbonyl (C=O) groups is 1. The van der Waals surface area contributed by atoms with Gasteiger partial charge in [0.1, 0.15) is 0 Å². The lowest BCUT2D eigenvalue weighted by molar-refractivity contribution is -0.177. The van der Waals surface area contributed by atoms with Gasteiger partial charge in [-0.15, -0.1) is 0 Å². The van der Waals surface area contributed by atoms with Crippen LogP contribution in [0.1, 0.15) is 102 Å². The van der Waals surface area contributed by atoms with Gasteiger partial charge in [0, 0.05) is 18.3 Å². The lowest BCUT2D eigenvalue weighted by Crippen LogP contribution is -2.70. The zero-order valence-corrected chi connectivity index (χ0v) is 43.9. The Labute approximate surface area is 359 Å². The van der Waals surface area contributed by atoms with E-state index in [-0.39, 0.29) is 47.5 Å². The van der Waals surface area contributed by atoms with E-state index in [1.807, 2.05) is 0 Å². The number of ether oxygens (including phenoxy) is 1. The minimum absolute atomic E-state index is 0.00775. The summed E-state index contributed by atoms with van der Waals surface area (Å²) in [6.07, 6.45) is 0.591. The normalized spacial score (nSPS) is 23.4. The molecule has 2 saturated heterocycles. The molecule has 1 aromatic carbocycles.